The van der Waals surface area contributed by atoms with Gasteiger partial charge < -0.3 is 19.5 Å². The Hall–Kier alpha value is -1.35. The molecule has 138 valence electrons. The Kier molecular flexibility index (Phi) is 7.49. The molecule has 0 unspecified atom stereocenters. The molecule has 0 aliphatic heterocycles. The van der Waals surface area contributed by atoms with E-state index in [9.17, 15) is 0 Å². The van der Waals surface area contributed by atoms with Crippen molar-refractivity contribution in [3.8, 4) is 0 Å². The second kappa shape index (κ2) is 9.38. The number of nitrogens with one attached hydrogen (secondary N) is 1. The van der Waals surface area contributed by atoms with Gasteiger partial charge in [0.05, 0.1) is 24.2 Å². The molecular formula is C18H28IN5O. The Balaban J connectivity index is 0.00000225. The topological polar surface area (TPSA) is 54.7 Å². The molecule has 7 heteroatoms. The number of rotatable bonds is 7. The van der Waals surface area contributed by atoms with Gasteiger partial charge in [0.15, 0.2) is 5.96 Å². The van der Waals surface area contributed by atoms with E-state index >= 15 is 0 Å². The molecule has 0 spiro atoms. The zero-order chi connectivity index (χ0) is 16.9. The quantitative estimate of drug-likeness (QED) is 0.301. The molecule has 6 nitrogen and oxygen atoms in total. The molecular weight excluding hydrogens is 429 g/mol. The van der Waals surface area contributed by atoms with Crippen LogP contribution in [-0.2, 0) is 18.3 Å². The first-order valence-corrected chi connectivity index (χ1v) is 8.59. The van der Waals surface area contributed by atoms with Gasteiger partial charge in [0.1, 0.15) is 5.82 Å². The van der Waals surface area contributed by atoms with E-state index in [2.05, 4.69) is 30.8 Å². The molecule has 0 bridgehead atoms. The lowest BCUT2D eigenvalue weighted by atomic mass is 10.3. The molecule has 1 N–H and O–H groups in total. The number of para-hydroxylation sites is 2. The Morgan fingerprint density at radius 2 is 2.16 bits per heavy atom. The fourth-order valence-corrected chi connectivity index (χ4v) is 2.74. The lowest BCUT2D eigenvalue weighted by Gasteiger charge is -2.22. The van der Waals surface area contributed by atoms with E-state index in [4.69, 9.17) is 4.74 Å². The van der Waals surface area contributed by atoms with Gasteiger partial charge >= 0.3 is 0 Å². The number of benzene rings is 1. The number of hydrogen-bond donors (Lipinski definition) is 1. The summed E-state index contributed by atoms with van der Waals surface area (Å²) in [5.41, 5.74) is 2.17. The van der Waals surface area contributed by atoms with E-state index in [0.717, 1.165) is 48.5 Å². The Labute approximate surface area is 166 Å². The van der Waals surface area contributed by atoms with Crippen LogP contribution in [0.5, 0.6) is 0 Å². The molecule has 0 atom stereocenters. The van der Waals surface area contributed by atoms with Crippen molar-refractivity contribution in [2.45, 2.75) is 19.4 Å². The van der Waals surface area contributed by atoms with Crippen LogP contribution in [0.15, 0.2) is 29.3 Å². The predicted octanol–water partition coefficient (Wildman–Crippen LogP) is 2.63. The van der Waals surface area contributed by atoms with Crippen molar-refractivity contribution in [1.82, 2.24) is 19.8 Å². The molecule has 1 aromatic carbocycles. The summed E-state index contributed by atoms with van der Waals surface area (Å²) >= 11 is 0. The molecule has 0 radical (unpaired) electrons. The summed E-state index contributed by atoms with van der Waals surface area (Å²) in [7, 11) is 5.88. The van der Waals surface area contributed by atoms with Gasteiger partial charge in [-0.25, -0.2) is 4.98 Å². The van der Waals surface area contributed by atoms with Crippen LogP contribution in [0, 0.1) is 5.92 Å². The van der Waals surface area contributed by atoms with Crippen molar-refractivity contribution >= 4 is 41.0 Å². The van der Waals surface area contributed by atoms with Crippen LogP contribution in [0.2, 0.25) is 0 Å². The van der Waals surface area contributed by atoms with Crippen LogP contribution in [0.3, 0.4) is 0 Å². The van der Waals surface area contributed by atoms with Crippen molar-refractivity contribution in [3.63, 3.8) is 0 Å². The number of aromatic nitrogens is 2. The molecule has 1 aliphatic rings. The predicted molar refractivity (Wildman–Crippen MR) is 113 cm³/mol. The molecule has 3 rings (SSSR count). The maximum Gasteiger partial charge on any atom is 0.193 e. The van der Waals surface area contributed by atoms with Crippen LogP contribution >= 0.6 is 24.0 Å². The van der Waals surface area contributed by atoms with Crippen LogP contribution in [-0.4, -0.2) is 54.3 Å². The van der Waals surface area contributed by atoms with Gasteiger partial charge in [-0.2, -0.15) is 0 Å². The highest BCUT2D eigenvalue weighted by Crippen LogP contribution is 2.28. The zero-order valence-electron chi connectivity index (χ0n) is 15.2. The highest BCUT2D eigenvalue weighted by molar-refractivity contribution is 14.0. The highest BCUT2D eigenvalue weighted by Gasteiger charge is 2.21. The van der Waals surface area contributed by atoms with Gasteiger partial charge in [0, 0.05) is 34.3 Å². The third kappa shape index (κ3) is 5.31. The first kappa shape index (κ1) is 20.0. The number of ether oxygens (including phenoxy) is 1. The molecule has 1 aliphatic carbocycles. The first-order chi connectivity index (χ1) is 11.7. The number of likely N-dealkylation sites (N-methyl/N-ethyl adjacent to an activating group) is 1. The van der Waals surface area contributed by atoms with Crippen molar-refractivity contribution in [2.24, 2.45) is 18.0 Å². The molecule has 1 fully saturated rings. The van der Waals surface area contributed by atoms with Crippen LogP contribution < -0.4 is 5.32 Å². The van der Waals surface area contributed by atoms with Gasteiger partial charge in [-0.05, 0) is 30.9 Å². The maximum atomic E-state index is 5.70. The lowest BCUT2D eigenvalue weighted by molar-refractivity contribution is 0.115. The second-order valence-corrected chi connectivity index (χ2v) is 6.42. The Morgan fingerprint density at radius 1 is 1.40 bits per heavy atom. The average molecular weight is 457 g/mol. The molecule has 2 aromatic rings. The van der Waals surface area contributed by atoms with Gasteiger partial charge in [0.2, 0.25) is 0 Å². The molecule has 25 heavy (non-hydrogen) atoms. The Morgan fingerprint density at radius 3 is 2.84 bits per heavy atom. The number of imidazole rings is 1. The monoisotopic (exact) mass is 457 g/mol. The number of hydrogen-bond acceptors (Lipinski definition) is 3. The zero-order valence-corrected chi connectivity index (χ0v) is 17.6. The normalized spacial score (nSPS) is 14.4. The second-order valence-electron chi connectivity index (χ2n) is 6.42. The summed E-state index contributed by atoms with van der Waals surface area (Å²) < 4.78 is 7.82. The standard InChI is InChI=1S/C18H27N5O.HI/c1-19-18(22(2)10-11-24-13-14-8-9-14)20-12-17-21-15-6-4-5-7-16(15)23(17)3;/h4-7,14H,8-13H2,1-3H3,(H,19,20);1H. The van der Waals surface area contributed by atoms with E-state index in [-0.39, 0.29) is 24.0 Å². The molecule has 0 saturated heterocycles. The number of guanidine groups is 1. The van der Waals surface area contributed by atoms with E-state index < -0.39 is 0 Å². The first-order valence-electron chi connectivity index (χ1n) is 8.59. The summed E-state index contributed by atoms with van der Waals surface area (Å²) in [5, 5.41) is 3.39. The highest BCUT2D eigenvalue weighted by atomic mass is 127. The third-order valence-electron chi connectivity index (χ3n) is 4.48. The number of nitrogens with zero attached hydrogens (tertiary/aromatic N) is 4. The van der Waals surface area contributed by atoms with Crippen LogP contribution in [0.25, 0.3) is 11.0 Å². The van der Waals surface area contributed by atoms with Crippen molar-refractivity contribution in [3.05, 3.63) is 30.1 Å². The van der Waals surface area contributed by atoms with Crippen molar-refractivity contribution < 1.29 is 4.74 Å². The molecule has 0 amide bonds. The summed E-state index contributed by atoms with van der Waals surface area (Å²) in [6.45, 7) is 3.11. The van der Waals surface area contributed by atoms with Crippen molar-refractivity contribution in [2.75, 3.05) is 33.9 Å². The molecule has 1 saturated carbocycles. The fourth-order valence-electron chi connectivity index (χ4n) is 2.74. The SMILES string of the molecule is CN=C(NCc1nc2ccccc2n1C)N(C)CCOCC1CC1.I. The van der Waals surface area contributed by atoms with Gasteiger partial charge in [-0.1, -0.05) is 12.1 Å². The van der Waals surface area contributed by atoms with Gasteiger partial charge in [0.25, 0.3) is 0 Å². The number of fused-ring (bicyclic) bond motifs is 1. The van der Waals surface area contributed by atoms with Gasteiger partial charge in [-0.15, -0.1) is 24.0 Å². The molecule has 1 heterocycles. The third-order valence-corrected chi connectivity index (χ3v) is 4.48. The van der Waals surface area contributed by atoms with E-state index in [1.807, 2.05) is 32.3 Å². The Bertz CT molecular complexity index is 711. The van der Waals surface area contributed by atoms with E-state index in [1.54, 1.807) is 7.05 Å². The van der Waals surface area contributed by atoms with E-state index in [0.29, 0.717) is 6.54 Å². The smallest absolute Gasteiger partial charge is 0.193 e. The minimum atomic E-state index is 0. The molecule has 1 aromatic heterocycles. The van der Waals surface area contributed by atoms with E-state index in [1.165, 1.54) is 12.8 Å². The largest absolute Gasteiger partial charge is 0.379 e. The summed E-state index contributed by atoms with van der Waals surface area (Å²) in [6, 6.07) is 8.18. The average Bonchev–Trinajstić information content (AvgIpc) is 3.37. The summed E-state index contributed by atoms with van der Waals surface area (Å²) in [6.07, 6.45) is 2.66. The van der Waals surface area contributed by atoms with Crippen LogP contribution in [0.1, 0.15) is 18.7 Å². The number of aryl methyl sites for hydroxylation is 1. The minimum Gasteiger partial charge on any atom is -0.379 e. The lowest BCUT2D eigenvalue weighted by Crippen LogP contribution is -2.40. The van der Waals surface area contributed by atoms with Crippen LogP contribution in [0.4, 0.5) is 0 Å². The summed E-state index contributed by atoms with van der Waals surface area (Å²) in [5.74, 6) is 2.66. The maximum absolute atomic E-state index is 5.70. The van der Waals surface area contributed by atoms with Crippen molar-refractivity contribution in [1.29, 1.82) is 0 Å². The number of aliphatic imine (C=N–C) groups is 1. The minimum absolute atomic E-state index is 0. The number of halogens is 1. The van der Waals surface area contributed by atoms with Gasteiger partial charge in [-0.3, -0.25) is 4.99 Å². The summed E-state index contributed by atoms with van der Waals surface area (Å²) in [4.78, 5) is 11.1. The fraction of sp³-hybridized carbons (Fsp3) is 0.556.